The Labute approximate surface area is 117 Å². The molecule has 0 radical (unpaired) electrons. The normalized spacial score (nSPS) is 13.4. The van der Waals surface area contributed by atoms with Gasteiger partial charge in [0.15, 0.2) is 0 Å². The predicted octanol–water partition coefficient (Wildman–Crippen LogP) is 3.57. The fourth-order valence-corrected chi connectivity index (χ4v) is 2.56. The van der Waals surface area contributed by atoms with Crippen molar-refractivity contribution in [2.45, 2.75) is 13.0 Å². The first-order valence-electron chi connectivity index (χ1n) is 6.65. The summed E-state index contributed by atoms with van der Waals surface area (Å²) in [6.07, 6.45) is 1.05. The summed E-state index contributed by atoms with van der Waals surface area (Å²) in [4.78, 5) is 2.23. The highest BCUT2D eigenvalue weighted by atomic mass is 19.1. The number of benzene rings is 2. The summed E-state index contributed by atoms with van der Waals surface area (Å²) in [7, 11) is 2.08. The molecule has 0 saturated carbocycles. The first kappa shape index (κ1) is 12.9. The quantitative estimate of drug-likeness (QED) is 0.920. The summed E-state index contributed by atoms with van der Waals surface area (Å²) >= 11 is 0. The maximum Gasteiger partial charge on any atom is 0.149 e. The van der Waals surface area contributed by atoms with Crippen molar-refractivity contribution in [3.63, 3.8) is 0 Å². The molecule has 0 fully saturated rings. The van der Waals surface area contributed by atoms with Crippen LogP contribution in [0.3, 0.4) is 0 Å². The zero-order valence-corrected chi connectivity index (χ0v) is 11.3. The molecule has 2 aromatic carbocycles. The fourth-order valence-electron chi connectivity index (χ4n) is 2.56. The van der Waals surface area contributed by atoms with Gasteiger partial charge in [-0.1, -0.05) is 12.1 Å². The van der Waals surface area contributed by atoms with E-state index in [0.29, 0.717) is 12.2 Å². The number of rotatable bonds is 3. The molecular weight excluding hydrogens is 258 g/mol. The SMILES string of the molecule is CN1CCc2cc(CNc3ccc(F)cc3F)ccc21. The van der Waals surface area contributed by atoms with E-state index in [9.17, 15) is 8.78 Å². The largest absolute Gasteiger partial charge is 0.379 e. The molecule has 104 valence electrons. The Balaban J connectivity index is 1.73. The van der Waals surface area contributed by atoms with Gasteiger partial charge < -0.3 is 10.2 Å². The van der Waals surface area contributed by atoms with E-state index in [1.54, 1.807) is 0 Å². The first-order valence-corrected chi connectivity index (χ1v) is 6.65. The third-order valence-electron chi connectivity index (χ3n) is 3.69. The highest BCUT2D eigenvalue weighted by molar-refractivity contribution is 5.58. The second kappa shape index (κ2) is 5.12. The van der Waals surface area contributed by atoms with Crippen LogP contribution < -0.4 is 10.2 Å². The van der Waals surface area contributed by atoms with Gasteiger partial charge in [0, 0.05) is 31.9 Å². The molecule has 2 aromatic rings. The second-order valence-corrected chi connectivity index (χ2v) is 5.11. The number of nitrogens with one attached hydrogen (secondary N) is 1. The van der Waals surface area contributed by atoms with E-state index < -0.39 is 11.6 Å². The molecule has 0 aromatic heterocycles. The number of hydrogen-bond donors (Lipinski definition) is 1. The Bertz CT molecular complexity index is 640. The van der Waals surface area contributed by atoms with E-state index in [2.05, 4.69) is 29.4 Å². The third-order valence-corrected chi connectivity index (χ3v) is 3.69. The standard InChI is InChI=1S/C16H16F2N2/c1-20-7-6-12-8-11(2-5-16(12)20)10-19-15-4-3-13(17)9-14(15)18/h2-5,8-9,19H,6-7,10H2,1H3. The van der Waals surface area contributed by atoms with Crippen molar-refractivity contribution in [1.29, 1.82) is 0 Å². The minimum Gasteiger partial charge on any atom is -0.379 e. The molecule has 20 heavy (non-hydrogen) atoms. The number of halogens is 2. The van der Waals surface area contributed by atoms with E-state index in [1.807, 2.05) is 6.07 Å². The molecule has 1 heterocycles. The average molecular weight is 274 g/mol. The van der Waals surface area contributed by atoms with Crippen LogP contribution in [0.5, 0.6) is 0 Å². The van der Waals surface area contributed by atoms with Crippen LogP contribution >= 0.6 is 0 Å². The molecule has 0 unspecified atom stereocenters. The van der Waals surface area contributed by atoms with Gasteiger partial charge in [-0.2, -0.15) is 0 Å². The van der Waals surface area contributed by atoms with E-state index in [-0.39, 0.29) is 0 Å². The van der Waals surface area contributed by atoms with Crippen LogP contribution in [-0.4, -0.2) is 13.6 Å². The van der Waals surface area contributed by atoms with Gasteiger partial charge in [-0.3, -0.25) is 0 Å². The lowest BCUT2D eigenvalue weighted by molar-refractivity contribution is 0.585. The van der Waals surface area contributed by atoms with E-state index in [4.69, 9.17) is 0 Å². The van der Waals surface area contributed by atoms with Crippen molar-refractivity contribution in [3.8, 4) is 0 Å². The van der Waals surface area contributed by atoms with Gasteiger partial charge in [0.05, 0.1) is 5.69 Å². The summed E-state index contributed by atoms with van der Waals surface area (Å²) in [5.74, 6) is -1.13. The molecule has 2 nitrogen and oxygen atoms in total. The summed E-state index contributed by atoms with van der Waals surface area (Å²) < 4.78 is 26.3. The smallest absolute Gasteiger partial charge is 0.149 e. The van der Waals surface area contributed by atoms with Crippen molar-refractivity contribution in [2.75, 3.05) is 23.8 Å². The molecular formula is C16H16F2N2. The van der Waals surface area contributed by atoms with Crippen molar-refractivity contribution in [3.05, 3.63) is 59.2 Å². The second-order valence-electron chi connectivity index (χ2n) is 5.11. The topological polar surface area (TPSA) is 15.3 Å². The molecule has 1 aliphatic rings. The number of hydrogen-bond acceptors (Lipinski definition) is 2. The van der Waals surface area contributed by atoms with Crippen molar-refractivity contribution in [2.24, 2.45) is 0 Å². The highest BCUT2D eigenvalue weighted by Gasteiger charge is 2.15. The van der Waals surface area contributed by atoms with Crippen LogP contribution in [0, 0.1) is 11.6 Å². The molecule has 3 rings (SSSR count). The summed E-state index contributed by atoms with van der Waals surface area (Å²) in [5, 5.41) is 3.00. The Morgan fingerprint density at radius 1 is 1.15 bits per heavy atom. The average Bonchev–Trinajstić information content (AvgIpc) is 2.79. The summed E-state index contributed by atoms with van der Waals surface area (Å²) in [6, 6.07) is 9.84. The predicted molar refractivity (Wildman–Crippen MR) is 77.1 cm³/mol. The van der Waals surface area contributed by atoms with Crippen molar-refractivity contribution >= 4 is 11.4 Å². The summed E-state index contributed by atoms with van der Waals surface area (Å²) in [5.41, 5.74) is 4.01. The van der Waals surface area contributed by atoms with Crippen molar-refractivity contribution in [1.82, 2.24) is 0 Å². The first-order chi connectivity index (χ1) is 9.63. The van der Waals surface area contributed by atoms with Crippen molar-refractivity contribution < 1.29 is 8.78 Å². The molecule has 1 N–H and O–H groups in total. The van der Waals surface area contributed by atoms with Crippen LogP contribution in [0.25, 0.3) is 0 Å². The number of anilines is 2. The van der Waals surface area contributed by atoms with E-state index in [0.717, 1.165) is 24.6 Å². The fraction of sp³-hybridized carbons (Fsp3) is 0.250. The lowest BCUT2D eigenvalue weighted by Gasteiger charge is -2.13. The molecule has 0 spiro atoms. The van der Waals surface area contributed by atoms with Gasteiger partial charge in [0.25, 0.3) is 0 Å². The minimum absolute atomic E-state index is 0.323. The monoisotopic (exact) mass is 274 g/mol. The molecule has 4 heteroatoms. The Morgan fingerprint density at radius 2 is 2.00 bits per heavy atom. The van der Waals surface area contributed by atoms with E-state index in [1.165, 1.54) is 23.4 Å². The van der Waals surface area contributed by atoms with Crippen LogP contribution in [0.4, 0.5) is 20.2 Å². The van der Waals surface area contributed by atoms with Crippen LogP contribution in [0.15, 0.2) is 36.4 Å². The van der Waals surface area contributed by atoms with Gasteiger partial charge in [-0.15, -0.1) is 0 Å². The van der Waals surface area contributed by atoms with Gasteiger partial charge in [0.1, 0.15) is 11.6 Å². The molecule has 0 atom stereocenters. The van der Waals surface area contributed by atoms with Gasteiger partial charge in [-0.25, -0.2) is 8.78 Å². The molecule has 0 aliphatic carbocycles. The van der Waals surface area contributed by atoms with Crippen LogP contribution in [0.2, 0.25) is 0 Å². The third kappa shape index (κ3) is 2.46. The molecule has 0 saturated heterocycles. The van der Waals surface area contributed by atoms with Crippen LogP contribution in [-0.2, 0) is 13.0 Å². The number of likely N-dealkylation sites (N-methyl/N-ethyl adjacent to an activating group) is 1. The lowest BCUT2D eigenvalue weighted by atomic mass is 10.1. The Morgan fingerprint density at radius 3 is 2.80 bits per heavy atom. The van der Waals surface area contributed by atoms with Crippen LogP contribution in [0.1, 0.15) is 11.1 Å². The Hall–Kier alpha value is -2.10. The van der Waals surface area contributed by atoms with E-state index >= 15 is 0 Å². The number of fused-ring (bicyclic) bond motifs is 1. The maximum atomic E-state index is 13.5. The zero-order chi connectivity index (χ0) is 14.1. The summed E-state index contributed by atoms with van der Waals surface area (Å²) in [6.45, 7) is 1.57. The minimum atomic E-state index is -0.564. The lowest BCUT2D eigenvalue weighted by Crippen LogP contribution is -2.12. The van der Waals surface area contributed by atoms with Gasteiger partial charge in [0.2, 0.25) is 0 Å². The molecule has 1 aliphatic heterocycles. The maximum absolute atomic E-state index is 13.5. The van der Waals surface area contributed by atoms with Gasteiger partial charge in [-0.05, 0) is 35.7 Å². The zero-order valence-electron chi connectivity index (χ0n) is 11.3. The molecule has 0 amide bonds. The highest BCUT2D eigenvalue weighted by Crippen LogP contribution is 2.27. The molecule has 0 bridgehead atoms. The number of nitrogens with zero attached hydrogens (tertiary/aromatic N) is 1. The van der Waals surface area contributed by atoms with Gasteiger partial charge >= 0.3 is 0 Å². The Kier molecular flexibility index (Phi) is 3.30.